The number of azo groups is 1. The van der Waals surface area contributed by atoms with Crippen LogP contribution in [-0.2, 0) is 50.3 Å². The number of carbonyl (C=O) groups excluding carboxylic acids is 7. The number of nitrogens with two attached hydrogens (primary N) is 1. The fraction of sp³-hybridized carbons (Fsp3) is 0.493. The lowest BCUT2D eigenvalue weighted by atomic mass is 9.76. The minimum absolute atomic E-state index is 0.0997. The molecule has 0 saturated carbocycles. The maximum atomic E-state index is 14.2. The lowest BCUT2D eigenvalue weighted by Crippen LogP contribution is -2.61. The van der Waals surface area contributed by atoms with E-state index in [1.165, 1.54) is 18.7 Å². The summed E-state index contributed by atoms with van der Waals surface area (Å²) in [6, 6.07) is 23.0. The van der Waals surface area contributed by atoms with Gasteiger partial charge in [0.25, 0.3) is 5.91 Å². The highest BCUT2D eigenvalue weighted by molar-refractivity contribution is 6.00. The SMILES string of the molecule is CN[C@H](C(=O)N[C@H](C(=O)N(C)[C@@H](/C=C(\C)C(=O)O)C(C)C)C(C)(C)C)C(C)(C)c1cccc(NC(=O)COc2ccc(NC(=O)[C@H](C)NC(=O)[C@@H](NC(=O)CCC(=O)N3Cc4ccccc4C(N)C(N=NCC(C)(C)C)c4ccccc43)C(C)C)cc2)c1. The van der Waals surface area contributed by atoms with E-state index in [2.05, 4.69) is 57.8 Å². The highest BCUT2D eigenvalue weighted by Crippen LogP contribution is 2.41. The van der Waals surface area contributed by atoms with Gasteiger partial charge in [0.1, 0.15) is 29.9 Å². The van der Waals surface area contributed by atoms with Crippen LogP contribution in [0, 0.1) is 22.7 Å². The lowest BCUT2D eigenvalue weighted by Gasteiger charge is -2.40. The molecule has 88 heavy (non-hydrogen) atoms. The zero-order valence-electron chi connectivity index (χ0n) is 54.0. The van der Waals surface area contributed by atoms with Crippen LogP contribution in [0.4, 0.5) is 17.1 Å². The molecule has 21 heteroatoms. The van der Waals surface area contributed by atoms with Crippen molar-refractivity contribution in [1.29, 1.82) is 0 Å². The predicted molar refractivity (Wildman–Crippen MR) is 342 cm³/mol. The molecule has 0 bridgehead atoms. The summed E-state index contributed by atoms with van der Waals surface area (Å²) < 4.78 is 5.78. The second-order valence-corrected chi connectivity index (χ2v) is 26.2. The molecule has 7 atom stereocenters. The molecule has 0 aliphatic carbocycles. The molecular formula is C67H93N11O10. The summed E-state index contributed by atoms with van der Waals surface area (Å²) in [4.78, 5) is 111. The fourth-order valence-electron chi connectivity index (χ4n) is 10.3. The number of rotatable bonds is 25. The Balaban J connectivity index is 1.14. The Morgan fingerprint density at radius 2 is 1.36 bits per heavy atom. The number of likely N-dealkylation sites (N-methyl/N-ethyl adjacent to an activating group) is 2. The summed E-state index contributed by atoms with van der Waals surface area (Å²) in [6.45, 7) is 26.2. The molecule has 1 aliphatic rings. The van der Waals surface area contributed by atoms with Gasteiger partial charge < -0.3 is 57.3 Å². The average molecular weight is 1210 g/mol. The van der Waals surface area contributed by atoms with Crippen LogP contribution in [-0.4, -0.2) is 115 Å². The van der Waals surface area contributed by atoms with Crippen molar-refractivity contribution in [3.63, 3.8) is 0 Å². The van der Waals surface area contributed by atoms with Crippen molar-refractivity contribution in [2.45, 2.75) is 164 Å². The van der Waals surface area contributed by atoms with Gasteiger partial charge in [-0.25, -0.2) is 4.79 Å². The minimum Gasteiger partial charge on any atom is -0.484 e. The van der Waals surface area contributed by atoms with E-state index in [1.54, 1.807) is 81.4 Å². The third-order valence-corrected chi connectivity index (χ3v) is 15.6. The molecular weight excluding hydrogens is 1120 g/mol. The summed E-state index contributed by atoms with van der Waals surface area (Å²) in [5, 5.41) is 36.0. The number of carbonyl (C=O) groups is 8. The van der Waals surface area contributed by atoms with Gasteiger partial charge in [0.15, 0.2) is 6.61 Å². The van der Waals surface area contributed by atoms with Crippen molar-refractivity contribution in [1.82, 2.24) is 26.2 Å². The quantitative estimate of drug-likeness (QED) is 0.0228. The minimum atomic E-state index is -1.08. The van der Waals surface area contributed by atoms with Crippen molar-refractivity contribution >= 4 is 64.4 Å². The zero-order chi connectivity index (χ0) is 65.6. The third kappa shape index (κ3) is 19.1. The smallest absolute Gasteiger partial charge is 0.331 e. The number of carboxylic acids is 1. The first-order valence-corrected chi connectivity index (χ1v) is 29.9. The Bertz CT molecular complexity index is 3200. The molecule has 1 heterocycles. The summed E-state index contributed by atoms with van der Waals surface area (Å²) >= 11 is 0. The molecule has 0 radical (unpaired) electrons. The van der Waals surface area contributed by atoms with Gasteiger partial charge in [0.2, 0.25) is 35.4 Å². The molecule has 0 saturated heterocycles. The van der Waals surface area contributed by atoms with Gasteiger partial charge in [-0.05, 0) is 103 Å². The number of anilines is 3. The van der Waals surface area contributed by atoms with E-state index in [9.17, 15) is 43.5 Å². The number of benzene rings is 4. The number of amides is 7. The lowest BCUT2D eigenvalue weighted by molar-refractivity contribution is -0.141. The average Bonchev–Trinajstić information content (AvgIpc) is 2.10. The Morgan fingerprint density at radius 1 is 0.727 bits per heavy atom. The number of para-hydroxylation sites is 1. The van der Waals surface area contributed by atoms with E-state index in [0.29, 0.717) is 34.9 Å². The summed E-state index contributed by atoms with van der Waals surface area (Å²) in [5.74, 6) is -4.45. The third-order valence-electron chi connectivity index (χ3n) is 15.6. The van der Waals surface area contributed by atoms with Gasteiger partial charge in [-0.15, -0.1) is 0 Å². The summed E-state index contributed by atoms with van der Waals surface area (Å²) in [6.07, 6.45) is 1.19. The first-order valence-electron chi connectivity index (χ1n) is 29.9. The van der Waals surface area contributed by atoms with Crippen LogP contribution in [0.25, 0.3) is 0 Å². The van der Waals surface area contributed by atoms with Gasteiger partial charge in [-0.3, -0.25) is 33.6 Å². The molecule has 5 rings (SSSR count). The molecule has 9 N–H and O–H groups in total. The molecule has 1 aliphatic heterocycles. The Kier molecular flexibility index (Phi) is 24.5. The molecule has 0 fully saturated rings. The van der Waals surface area contributed by atoms with Gasteiger partial charge in [0, 0.05) is 53.5 Å². The molecule has 476 valence electrons. The van der Waals surface area contributed by atoms with Crippen molar-refractivity contribution in [3.05, 3.63) is 131 Å². The normalized spacial score (nSPS) is 16.4. The second-order valence-electron chi connectivity index (χ2n) is 26.2. The van der Waals surface area contributed by atoms with Crippen molar-refractivity contribution in [2.75, 3.05) is 42.8 Å². The highest BCUT2D eigenvalue weighted by Gasteiger charge is 2.42. The molecule has 7 amide bonds. The van der Waals surface area contributed by atoms with Gasteiger partial charge in [-0.1, -0.05) is 144 Å². The molecule has 4 aromatic rings. The van der Waals surface area contributed by atoms with Crippen molar-refractivity contribution < 1.29 is 48.2 Å². The largest absolute Gasteiger partial charge is 0.484 e. The number of nitrogens with zero attached hydrogens (tertiary/aromatic N) is 4. The second kappa shape index (κ2) is 30.6. The summed E-state index contributed by atoms with van der Waals surface area (Å²) in [5.41, 5.74) is 9.92. The van der Waals surface area contributed by atoms with Crippen LogP contribution in [0.15, 0.2) is 119 Å². The van der Waals surface area contributed by atoms with Crippen LogP contribution in [0.1, 0.15) is 144 Å². The molecule has 0 aromatic heterocycles. The predicted octanol–water partition coefficient (Wildman–Crippen LogP) is 8.76. The Morgan fingerprint density at radius 3 is 1.97 bits per heavy atom. The van der Waals surface area contributed by atoms with Crippen LogP contribution >= 0.6 is 0 Å². The van der Waals surface area contributed by atoms with Crippen LogP contribution in [0.3, 0.4) is 0 Å². The maximum absolute atomic E-state index is 14.2. The Hall–Kier alpha value is -8.30. The van der Waals surface area contributed by atoms with Gasteiger partial charge in [-0.2, -0.15) is 10.2 Å². The van der Waals surface area contributed by atoms with Crippen LogP contribution in [0.2, 0.25) is 0 Å². The van der Waals surface area contributed by atoms with Crippen LogP contribution < -0.4 is 47.3 Å². The zero-order valence-corrected chi connectivity index (χ0v) is 54.0. The van der Waals surface area contributed by atoms with E-state index < -0.39 is 88.6 Å². The van der Waals surface area contributed by atoms with E-state index in [0.717, 1.165) is 16.7 Å². The number of carboxylic acid groups (broad SMARTS) is 1. The maximum Gasteiger partial charge on any atom is 0.331 e. The topological polar surface area (TPSA) is 295 Å². The van der Waals surface area contributed by atoms with E-state index in [1.807, 2.05) is 103 Å². The van der Waals surface area contributed by atoms with Gasteiger partial charge in [0.05, 0.1) is 31.2 Å². The van der Waals surface area contributed by atoms with E-state index >= 15 is 0 Å². The number of hydrogen-bond acceptors (Lipinski definition) is 13. The molecule has 4 aromatic carbocycles. The van der Waals surface area contributed by atoms with Crippen molar-refractivity contribution in [3.8, 4) is 5.75 Å². The number of hydrogen-bond donors (Lipinski definition) is 8. The number of ether oxygens (including phenoxy) is 1. The van der Waals surface area contributed by atoms with E-state index in [-0.39, 0.29) is 60.6 Å². The first kappa shape index (κ1) is 70.5. The fourth-order valence-corrected chi connectivity index (χ4v) is 10.3. The van der Waals surface area contributed by atoms with Crippen molar-refractivity contribution in [2.24, 2.45) is 38.6 Å². The standard InChI is InChI=1S/C67H93N11O10/c1-39(2)51(34-41(5)64(86)87)77(16)63(85)59(66(10,11)12)75-62(84)58(69-15)67(13,14)44-23-21-24-46(35-44)72-53(80)37-88-47-30-28-45(29-31-47)73-60(82)42(6)71-61(83)56(40(3)4)74-52(79)32-33-54(81)78-36-43-22-17-18-25-48(43)55(68)57(76-70-38-65(7,8)9)49-26-19-20-27-50(49)78/h17-31,34-35,39-40,42,51,55-59,69H,32-33,36-38,68H2,1-16H3,(H,71,83)(H,72,80)(H,73,82)(H,74,79)(H,75,84)(H,86,87)/b41-34+,76-70?/t42-,51-,55?,56-,57?,58+,59+/m0/s1. The first-order chi connectivity index (χ1) is 41.1. The number of aliphatic carboxylic acids is 1. The number of fused-ring (bicyclic) bond motifs is 2. The van der Waals surface area contributed by atoms with Gasteiger partial charge >= 0.3 is 5.97 Å². The Labute approximate surface area is 518 Å². The number of nitrogens with one attached hydrogen (secondary N) is 6. The monoisotopic (exact) mass is 1210 g/mol. The summed E-state index contributed by atoms with van der Waals surface area (Å²) in [7, 11) is 3.26. The molecule has 21 nitrogen and oxygen atoms in total. The highest BCUT2D eigenvalue weighted by atomic mass is 16.5. The van der Waals surface area contributed by atoms with Crippen LogP contribution in [0.5, 0.6) is 5.75 Å². The molecule has 0 spiro atoms. The van der Waals surface area contributed by atoms with E-state index in [4.69, 9.17) is 15.6 Å². The molecule has 2 unspecified atom stereocenters.